The van der Waals surface area contributed by atoms with E-state index in [1.807, 2.05) is 13.0 Å². The number of nitrogens with zero attached hydrogens (tertiary/aromatic N) is 1. The van der Waals surface area contributed by atoms with Gasteiger partial charge < -0.3 is 10.0 Å². The van der Waals surface area contributed by atoms with Crippen molar-refractivity contribution in [1.82, 2.24) is 0 Å². The number of benzene rings is 1. The Hall–Kier alpha value is -0.670. The molecule has 3 heteroatoms. The molecular weight excluding hydrogens is 242 g/mol. The average molecular weight is 265 g/mol. The van der Waals surface area contributed by atoms with Crippen LogP contribution in [0.15, 0.2) is 24.3 Å². The SMILES string of the molecule is CCC1CN(c2ccccc2C(O)CC)CCS1. The molecule has 0 bridgehead atoms. The summed E-state index contributed by atoms with van der Waals surface area (Å²) >= 11 is 2.08. The van der Waals surface area contributed by atoms with Crippen LogP contribution < -0.4 is 4.90 Å². The number of thioether (sulfide) groups is 1. The highest BCUT2D eigenvalue weighted by atomic mass is 32.2. The molecule has 1 aromatic carbocycles. The molecule has 0 spiro atoms. The molecule has 1 fully saturated rings. The third-order valence-corrected chi connectivity index (χ3v) is 4.99. The van der Waals surface area contributed by atoms with Crippen LogP contribution in [0.3, 0.4) is 0 Å². The summed E-state index contributed by atoms with van der Waals surface area (Å²) < 4.78 is 0. The van der Waals surface area contributed by atoms with Crippen molar-refractivity contribution in [2.75, 3.05) is 23.7 Å². The monoisotopic (exact) mass is 265 g/mol. The number of rotatable bonds is 4. The Balaban J connectivity index is 2.21. The zero-order chi connectivity index (χ0) is 13.0. The lowest BCUT2D eigenvalue weighted by Crippen LogP contribution is -2.38. The molecule has 1 N–H and O–H groups in total. The number of anilines is 1. The lowest BCUT2D eigenvalue weighted by molar-refractivity contribution is 0.174. The number of hydrogen-bond donors (Lipinski definition) is 1. The fourth-order valence-electron chi connectivity index (χ4n) is 2.46. The molecule has 0 amide bonds. The second kappa shape index (κ2) is 6.48. The van der Waals surface area contributed by atoms with Crippen LogP contribution in [0.2, 0.25) is 0 Å². The van der Waals surface area contributed by atoms with Gasteiger partial charge in [-0.25, -0.2) is 0 Å². The van der Waals surface area contributed by atoms with E-state index in [2.05, 4.69) is 41.8 Å². The summed E-state index contributed by atoms with van der Waals surface area (Å²) in [6.45, 7) is 6.49. The number of para-hydroxylation sites is 1. The summed E-state index contributed by atoms with van der Waals surface area (Å²) in [5, 5.41) is 10.9. The van der Waals surface area contributed by atoms with E-state index in [4.69, 9.17) is 0 Å². The minimum absolute atomic E-state index is 0.337. The molecule has 1 heterocycles. The number of hydrogen-bond acceptors (Lipinski definition) is 3. The predicted octanol–water partition coefficient (Wildman–Crippen LogP) is 3.46. The van der Waals surface area contributed by atoms with E-state index in [1.54, 1.807) is 0 Å². The zero-order valence-corrected chi connectivity index (χ0v) is 12.1. The first-order valence-electron chi connectivity index (χ1n) is 6.89. The van der Waals surface area contributed by atoms with Crippen molar-refractivity contribution < 1.29 is 5.11 Å². The smallest absolute Gasteiger partial charge is 0.0807 e. The molecule has 2 rings (SSSR count). The van der Waals surface area contributed by atoms with E-state index in [0.29, 0.717) is 0 Å². The molecule has 2 nitrogen and oxygen atoms in total. The van der Waals surface area contributed by atoms with Gasteiger partial charge in [-0.2, -0.15) is 11.8 Å². The first kappa shape index (κ1) is 13.8. The maximum absolute atomic E-state index is 10.1. The molecule has 1 saturated heterocycles. The van der Waals surface area contributed by atoms with E-state index < -0.39 is 0 Å². The van der Waals surface area contributed by atoms with E-state index in [-0.39, 0.29) is 6.10 Å². The van der Waals surface area contributed by atoms with Crippen LogP contribution in [0.4, 0.5) is 5.69 Å². The maximum atomic E-state index is 10.1. The minimum atomic E-state index is -0.337. The Morgan fingerprint density at radius 1 is 1.39 bits per heavy atom. The van der Waals surface area contributed by atoms with Gasteiger partial charge in [0.15, 0.2) is 0 Å². The van der Waals surface area contributed by atoms with Crippen molar-refractivity contribution in [2.24, 2.45) is 0 Å². The highest BCUT2D eigenvalue weighted by Gasteiger charge is 2.22. The Morgan fingerprint density at radius 2 is 2.17 bits per heavy atom. The molecule has 1 aliphatic heterocycles. The lowest BCUT2D eigenvalue weighted by atomic mass is 10.0. The Morgan fingerprint density at radius 3 is 2.89 bits per heavy atom. The highest BCUT2D eigenvalue weighted by Crippen LogP contribution is 2.32. The van der Waals surface area contributed by atoms with Gasteiger partial charge >= 0.3 is 0 Å². The quantitative estimate of drug-likeness (QED) is 0.902. The molecule has 0 aliphatic carbocycles. The van der Waals surface area contributed by atoms with Crippen molar-refractivity contribution in [3.8, 4) is 0 Å². The molecule has 1 aromatic rings. The lowest BCUT2D eigenvalue weighted by Gasteiger charge is -2.35. The summed E-state index contributed by atoms with van der Waals surface area (Å²) in [5.41, 5.74) is 2.31. The van der Waals surface area contributed by atoms with E-state index in [0.717, 1.165) is 30.3 Å². The maximum Gasteiger partial charge on any atom is 0.0807 e. The molecular formula is C15H23NOS. The van der Waals surface area contributed by atoms with E-state index in [9.17, 15) is 5.11 Å². The van der Waals surface area contributed by atoms with Gasteiger partial charge in [0.05, 0.1) is 6.10 Å². The van der Waals surface area contributed by atoms with Gasteiger partial charge in [0.2, 0.25) is 0 Å². The van der Waals surface area contributed by atoms with Crippen LogP contribution in [0.25, 0.3) is 0 Å². The molecule has 0 saturated carbocycles. The van der Waals surface area contributed by atoms with Crippen molar-refractivity contribution in [3.63, 3.8) is 0 Å². The van der Waals surface area contributed by atoms with Crippen molar-refractivity contribution >= 4 is 17.4 Å². The highest BCUT2D eigenvalue weighted by molar-refractivity contribution is 8.00. The predicted molar refractivity (Wildman–Crippen MR) is 80.4 cm³/mol. The largest absolute Gasteiger partial charge is 0.388 e. The molecule has 100 valence electrons. The standard InChI is InChI=1S/C15H23NOS/c1-3-12-11-16(9-10-18-12)14-8-6-5-7-13(14)15(17)4-2/h5-8,12,15,17H,3-4,9-11H2,1-2H3. The van der Waals surface area contributed by atoms with Crippen LogP contribution in [0, 0.1) is 0 Å². The van der Waals surface area contributed by atoms with Crippen LogP contribution in [-0.2, 0) is 0 Å². The normalized spacial score (nSPS) is 21.9. The Labute approximate surface area is 114 Å². The third kappa shape index (κ3) is 3.01. The van der Waals surface area contributed by atoms with Crippen LogP contribution in [0.1, 0.15) is 38.4 Å². The van der Waals surface area contributed by atoms with E-state index >= 15 is 0 Å². The summed E-state index contributed by atoms with van der Waals surface area (Å²) in [6.07, 6.45) is 1.66. The molecule has 2 atom stereocenters. The van der Waals surface area contributed by atoms with Gasteiger partial charge in [0, 0.05) is 35.3 Å². The summed E-state index contributed by atoms with van der Waals surface area (Å²) in [4.78, 5) is 2.44. The van der Waals surface area contributed by atoms with Crippen molar-refractivity contribution in [3.05, 3.63) is 29.8 Å². The van der Waals surface area contributed by atoms with Gasteiger partial charge in [0.25, 0.3) is 0 Å². The van der Waals surface area contributed by atoms with Crippen LogP contribution >= 0.6 is 11.8 Å². The molecule has 18 heavy (non-hydrogen) atoms. The second-order valence-electron chi connectivity index (χ2n) is 4.83. The Bertz CT molecular complexity index is 383. The van der Waals surface area contributed by atoms with Gasteiger partial charge in [-0.1, -0.05) is 32.0 Å². The van der Waals surface area contributed by atoms with Gasteiger partial charge in [-0.15, -0.1) is 0 Å². The molecule has 0 radical (unpaired) electrons. The number of aliphatic hydroxyl groups is 1. The van der Waals surface area contributed by atoms with E-state index in [1.165, 1.54) is 17.9 Å². The third-order valence-electron chi connectivity index (χ3n) is 3.62. The number of aliphatic hydroxyl groups excluding tert-OH is 1. The summed E-state index contributed by atoms with van der Waals surface area (Å²) in [6, 6.07) is 8.31. The fourth-order valence-corrected chi connectivity index (χ4v) is 3.64. The van der Waals surface area contributed by atoms with Crippen LogP contribution in [-0.4, -0.2) is 29.2 Å². The van der Waals surface area contributed by atoms with Gasteiger partial charge in [0.1, 0.15) is 0 Å². The fraction of sp³-hybridized carbons (Fsp3) is 0.600. The average Bonchev–Trinajstić information content (AvgIpc) is 2.46. The topological polar surface area (TPSA) is 23.5 Å². The molecule has 2 unspecified atom stereocenters. The molecule has 1 aliphatic rings. The zero-order valence-electron chi connectivity index (χ0n) is 11.3. The first-order valence-corrected chi connectivity index (χ1v) is 7.94. The van der Waals surface area contributed by atoms with Crippen LogP contribution in [0.5, 0.6) is 0 Å². The van der Waals surface area contributed by atoms with Crippen molar-refractivity contribution in [1.29, 1.82) is 0 Å². The minimum Gasteiger partial charge on any atom is -0.388 e. The Kier molecular flexibility index (Phi) is 4.95. The van der Waals surface area contributed by atoms with Gasteiger partial charge in [-0.05, 0) is 18.9 Å². The molecule has 0 aromatic heterocycles. The first-order chi connectivity index (χ1) is 8.76. The summed E-state index contributed by atoms with van der Waals surface area (Å²) in [5.74, 6) is 1.19. The summed E-state index contributed by atoms with van der Waals surface area (Å²) in [7, 11) is 0. The second-order valence-corrected chi connectivity index (χ2v) is 6.24. The van der Waals surface area contributed by atoms with Crippen molar-refractivity contribution in [2.45, 2.75) is 38.0 Å². The van der Waals surface area contributed by atoms with Gasteiger partial charge in [-0.3, -0.25) is 0 Å².